The molecule has 7 heteroatoms. The normalized spacial score (nSPS) is 10.8. The molecule has 0 aromatic carbocycles. The lowest BCUT2D eigenvalue weighted by Gasteiger charge is -2.03. The van der Waals surface area contributed by atoms with E-state index in [4.69, 9.17) is 5.11 Å². The molecule has 0 atom stereocenters. The van der Waals surface area contributed by atoms with Gasteiger partial charge in [0.1, 0.15) is 10.6 Å². The van der Waals surface area contributed by atoms with Gasteiger partial charge in [0.2, 0.25) is 0 Å². The third-order valence-electron chi connectivity index (χ3n) is 2.35. The molecule has 0 saturated heterocycles. The van der Waals surface area contributed by atoms with Crippen molar-refractivity contribution in [1.29, 1.82) is 0 Å². The zero-order chi connectivity index (χ0) is 12.6. The lowest BCUT2D eigenvalue weighted by molar-refractivity contribution is 0.0692. The standard InChI is InChI=1S/C10H12N4O2S/c1-6-7(9(15)16)8(14(3)12-6)17-10-11-4-5-13(10)2/h4-5H,1-3H3,(H,15,16). The molecule has 0 radical (unpaired) electrons. The third-order valence-corrected chi connectivity index (χ3v) is 3.59. The average Bonchev–Trinajstić information content (AvgIpc) is 2.73. The van der Waals surface area contributed by atoms with Crippen molar-refractivity contribution in [3.63, 3.8) is 0 Å². The zero-order valence-corrected chi connectivity index (χ0v) is 10.5. The first kappa shape index (κ1) is 11.7. The van der Waals surface area contributed by atoms with Gasteiger partial charge in [0.15, 0.2) is 5.16 Å². The van der Waals surface area contributed by atoms with E-state index < -0.39 is 5.97 Å². The van der Waals surface area contributed by atoms with Crippen molar-refractivity contribution in [3.8, 4) is 0 Å². The van der Waals surface area contributed by atoms with Crippen LogP contribution in [0.2, 0.25) is 0 Å². The van der Waals surface area contributed by atoms with Gasteiger partial charge in [-0.2, -0.15) is 5.10 Å². The Balaban J connectivity index is 2.45. The Bertz CT molecular complexity index is 573. The highest BCUT2D eigenvalue weighted by Gasteiger charge is 2.21. The number of nitrogens with zero attached hydrogens (tertiary/aromatic N) is 4. The molecule has 17 heavy (non-hydrogen) atoms. The SMILES string of the molecule is Cc1nn(C)c(Sc2nccn2C)c1C(=O)O. The molecular formula is C10H12N4O2S. The van der Waals surface area contributed by atoms with Crippen molar-refractivity contribution in [2.75, 3.05) is 0 Å². The quantitative estimate of drug-likeness (QED) is 0.891. The molecule has 0 spiro atoms. The minimum Gasteiger partial charge on any atom is -0.478 e. The summed E-state index contributed by atoms with van der Waals surface area (Å²) in [6, 6.07) is 0. The number of aromatic nitrogens is 4. The van der Waals surface area contributed by atoms with Crippen LogP contribution in [0.15, 0.2) is 22.6 Å². The topological polar surface area (TPSA) is 72.9 Å². The van der Waals surface area contributed by atoms with E-state index in [0.29, 0.717) is 10.7 Å². The number of hydrogen-bond donors (Lipinski definition) is 1. The number of carboxylic acids is 1. The van der Waals surface area contributed by atoms with Gasteiger partial charge in [-0.05, 0) is 18.7 Å². The molecule has 0 aliphatic rings. The number of rotatable bonds is 3. The van der Waals surface area contributed by atoms with E-state index in [-0.39, 0.29) is 5.56 Å². The van der Waals surface area contributed by atoms with Gasteiger partial charge in [-0.15, -0.1) is 0 Å². The van der Waals surface area contributed by atoms with Gasteiger partial charge in [-0.3, -0.25) is 4.68 Å². The number of hydrogen-bond acceptors (Lipinski definition) is 4. The summed E-state index contributed by atoms with van der Waals surface area (Å²) in [5, 5.41) is 14.6. The number of aryl methyl sites for hydroxylation is 3. The highest BCUT2D eigenvalue weighted by molar-refractivity contribution is 7.99. The van der Waals surface area contributed by atoms with Crippen LogP contribution in [0.3, 0.4) is 0 Å². The molecule has 6 nitrogen and oxygen atoms in total. The Morgan fingerprint density at radius 3 is 2.71 bits per heavy atom. The van der Waals surface area contributed by atoms with Crippen LogP contribution in [0.5, 0.6) is 0 Å². The van der Waals surface area contributed by atoms with E-state index >= 15 is 0 Å². The molecule has 90 valence electrons. The molecule has 0 aliphatic heterocycles. The Kier molecular flexibility index (Phi) is 2.93. The first-order chi connectivity index (χ1) is 8.00. The summed E-state index contributed by atoms with van der Waals surface area (Å²) in [7, 11) is 3.59. The predicted molar refractivity (Wildman–Crippen MR) is 62.2 cm³/mol. The Morgan fingerprint density at radius 1 is 1.47 bits per heavy atom. The lowest BCUT2D eigenvalue weighted by Crippen LogP contribution is -2.01. The van der Waals surface area contributed by atoms with Crippen LogP contribution in [0, 0.1) is 6.92 Å². The number of carboxylic acid groups (broad SMARTS) is 1. The van der Waals surface area contributed by atoms with Gasteiger partial charge in [0.25, 0.3) is 0 Å². The molecule has 0 fully saturated rings. The molecule has 0 bridgehead atoms. The smallest absolute Gasteiger partial charge is 0.340 e. The van der Waals surface area contributed by atoms with Gasteiger partial charge in [-0.1, -0.05) is 0 Å². The lowest BCUT2D eigenvalue weighted by atomic mass is 10.3. The summed E-state index contributed by atoms with van der Waals surface area (Å²) >= 11 is 1.29. The van der Waals surface area contributed by atoms with E-state index in [9.17, 15) is 4.79 Å². The van der Waals surface area contributed by atoms with Crippen LogP contribution < -0.4 is 0 Å². The van der Waals surface area contributed by atoms with Crippen molar-refractivity contribution in [1.82, 2.24) is 19.3 Å². The summed E-state index contributed by atoms with van der Waals surface area (Å²) in [6.07, 6.45) is 3.48. The molecule has 0 aliphatic carbocycles. The second-order valence-electron chi connectivity index (χ2n) is 3.62. The predicted octanol–water partition coefficient (Wildman–Crippen LogP) is 1.31. The zero-order valence-electron chi connectivity index (χ0n) is 9.71. The van der Waals surface area contributed by atoms with Gasteiger partial charge in [0.05, 0.1) is 5.69 Å². The maximum atomic E-state index is 11.2. The Morgan fingerprint density at radius 2 is 2.18 bits per heavy atom. The summed E-state index contributed by atoms with van der Waals surface area (Å²) in [5.74, 6) is -0.965. The summed E-state index contributed by atoms with van der Waals surface area (Å²) in [4.78, 5) is 15.3. The average molecular weight is 252 g/mol. The van der Waals surface area contributed by atoms with Crippen LogP contribution >= 0.6 is 11.8 Å². The second kappa shape index (κ2) is 4.25. The van der Waals surface area contributed by atoms with E-state index in [1.807, 2.05) is 17.8 Å². The molecule has 2 heterocycles. The van der Waals surface area contributed by atoms with Gasteiger partial charge in [-0.25, -0.2) is 9.78 Å². The van der Waals surface area contributed by atoms with Crippen LogP contribution in [0.4, 0.5) is 0 Å². The van der Waals surface area contributed by atoms with Crippen molar-refractivity contribution >= 4 is 17.7 Å². The minimum absolute atomic E-state index is 0.237. The van der Waals surface area contributed by atoms with Crippen LogP contribution in [0.25, 0.3) is 0 Å². The van der Waals surface area contributed by atoms with E-state index in [0.717, 1.165) is 5.16 Å². The largest absolute Gasteiger partial charge is 0.478 e. The van der Waals surface area contributed by atoms with Gasteiger partial charge in [0, 0.05) is 26.5 Å². The highest BCUT2D eigenvalue weighted by atomic mass is 32.2. The van der Waals surface area contributed by atoms with E-state index in [1.54, 1.807) is 24.9 Å². The monoisotopic (exact) mass is 252 g/mol. The van der Waals surface area contributed by atoms with Crippen LogP contribution in [-0.4, -0.2) is 30.4 Å². The maximum absolute atomic E-state index is 11.2. The Hall–Kier alpha value is -1.76. The van der Waals surface area contributed by atoms with Crippen molar-refractivity contribution in [2.45, 2.75) is 17.1 Å². The summed E-state index contributed by atoms with van der Waals surface area (Å²) in [5.41, 5.74) is 0.747. The van der Waals surface area contributed by atoms with E-state index in [2.05, 4.69) is 10.1 Å². The fourth-order valence-corrected chi connectivity index (χ4v) is 2.54. The van der Waals surface area contributed by atoms with Crippen LogP contribution in [-0.2, 0) is 14.1 Å². The first-order valence-corrected chi connectivity index (χ1v) is 5.74. The fraction of sp³-hybridized carbons (Fsp3) is 0.300. The highest BCUT2D eigenvalue weighted by Crippen LogP contribution is 2.30. The Labute approximate surface area is 102 Å². The molecule has 2 aromatic heterocycles. The molecule has 2 aromatic rings. The van der Waals surface area contributed by atoms with Gasteiger partial charge < -0.3 is 9.67 Å². The molecule has 1 N–H and O–H groups in total. The van der Waals surface area contributed by atoms with Crippen molar-refractivity contribution < 1.29 is 9.90 Å². The third kappa shape index (κ3) is 2.05. The van der Waals surface area contributed by atoms with Crippen molar-refractivity contribution in [3.05, 3.63) is 23.7 Å². The fourth-order valence-electron chi connectivity index (χ4n) is 1.54. The van der Waals surface area contributed by atoms with E-state index in [1.165, 1.54) is 11.8 Å². The molecular weight excluding hydrogens is 240 g/mol. The minimum atomic E-state index is -0.965. The molecule has 0 amide bonds. The number of aromatic carboxylic acids is 1. The second-order valence-corrected chi connectivity index (χ2v) is 4.57. The van der Waals surface area contributed by atoms with Gasteiger partial charge >= 0.3 is 5.97 Å². The molecule has 0 saturated carbocycles. The van der Waals surface area contributed by atoms with Crippen LogP contribution in [0.1, 0.15) is 16.1 Å². The number of carbonyl (C=O) groups is 1. The summed E-state index contributed by atoms with van der Waals surface area (Å²) in [6.45, 7) is 1.69. The van der Waals surface area contributed by atoms with Crippen molar-refractivity contribution in [2.24, 2.45) is 14.1 Å². The summed E-state index contributed by atoms with van der Waals surface area (Å²) < 4.78 is 3.40. The maximum Gasteiger partial charge on any atom is 0.340 e. The molecule has 0 unspecified atom stereocenters. The first-order valence-electron chi connectivity index (χ1n) is 4.92. The number of imidazole rings is 1. The molecule has 2 rings (SSSR count).